The van der Waals surface area contributed by atoms with Crippen LogP contribution in [0, 0.1) is 0 Å². The van der Waals surface area contributed by atoms with Crippen molar-refractivity contribution in [2.24, 2.45) is 0 Å². The van der Waals surface area contributed by atoms with Gasteiger partial charge in [0.25, 0.3) is 0 Å². The number of amides is 2. The van der Waals surface area contributed by atoms with Gasteiger partial charge in [0.1, 0.15) is 0 Å². The molecule has 11 heteroatoms. The molecule has 1 aliphatic rings. The summed E-state index contributed by atoms with van der Waals surface area (Å²) in [6.45, 7) is 0.680. The van der Waals surface area contributed by atoms with Gasteiger partial charge in [0.15, 0.2) is 0 Å². The SMILES string of the molecule is CS(=O)(=O)N1CCC(NC(=O)Nc2ccc(S(=O)(=O)F)cc2)CC1. The maximum absolute atomic E-state index is 12.8. The highest BCUT2D eigenvalue weighted by Gasteiger charge is 2.25. The van der Waals surface area contributed by atoms with E-state index in [1.807, 2.05) is 0 Å². The number of nitrogens with one attached hydrogen (secondary N) is 2. The summed E-state index contributed by atoms with van der Waals surface area (Å²) in [4.78, 5) is 11.4. The molecule has 1 aliphatic heterocycles. The quantitative estimate of drug-likeness (QED) is 0.755. The predicted octanol–water partition coefficient (Wildman–Crippen LogP) is 0.890. The van der Waals surface area contributed by atoms with E-state index < -0.39 is 31.2 Å². The minimum atomic E-state index is -4.77. The van der Waals surface area contributed by atoms with Crippen molar-refractivity contribution < 1.29 is 25.5 Å². The van der Waals surface area contributed by atoms with Crippen LogP contribution < -0.4 is 10.6 Å². The van der Waals surface area contributed by atoms with Crippen molar-refractivity contribution >= 4 is 32.0 Å². The topological polar surface area (TPSA) is 113 Å². The van der Waals surface area contributed by atoms with Crippen molar-refractivity contribution in [2.75, 3.05) is 24.7 Å². The van der Waals surface area contributed by atoms with Gasteiger partial charge in [-0.25, -0.2) is 17.5 Å². The lowest BCUT2D eigenvalue weighted by molar-refractivity contribution is 0.238. The van der Waals surface area contributed by atoms with Crippen LogP contribution in [0.15, 0.2) is 29.2 Å². The summed E-state index contributed by atoms with van der Waals surface area (Å²) < 4.78 is 58.4. The third-order valence-corrected chi connectivity index (χ3v) is 5.79. The fourth-order valence-electron chi connectivity index (χ4n) is 2.39. The van der Waals surface area contributed by atoms with Gasteiger partial charge in [-0.2, -0.15) is 8.42 Å². The molecule has 1 aromatic rings. The van der Waals surface area contributed by atoms with E-state index in [-0.39, 0.29) is 6.04 Å². The fraction of sp³-hybridized carbons (Fsp3) is 0.462. The molecule has 0 saturated carbocycles. The molecule has 0 aromatic heterocycles. The maximum atomic E-state index is 12.8. The highest BCUT2D eigenvalue weighted by molar-refractivity contribution is 7.88. The summed E-state index contributed by atoms with van der Waals surface area (Å²) in [7, 11) is -7.99. The predicted molar refractivity (Wildman–Crippen MR) is 86.3 cm³/mol. The van der Waals surface area contributed by atoms with Crippen LogP contribution in [0.1, 0.15) is 12.8 Å². The van der Waals surface area contributed by atoms with Crippen molar-refractivity contribution in [3.63, 3.8) is 0 Å². The highest BCUT2D eigenvalue weighted by atomic mass is 32.3. The lowest BCUT2D eigenvalue weighted by Gasteiger charge is -2.30. The van der Waals surface area contributed by atoms with Crippen molar-refractivity contribution in [1.29, 1.82) is 0 Å². The van der Waals surface area contributed by atoms with E-state index in [9.17, 15) is 25.5 Å². The summed E-state index contributed by atoms with van der Waals surface area (Å²) in [5, 5.41) is 5.23. The Kier molecular flexibility index (Phi) is 5.45. The van der Waals surface area contributed by atoms with Crippen LogP contribution >= 0.6 is 0 Å². The zero-order valence-electron chi connectivity index (χ0n) is 12.9. The molecule has 1 saturated heterocycles. The highest BCUT2D eigenvalue weighted by Crippen LogP contribution is 2.16. The average molecular weight is 379 g/mol. The second kappa shape index (κ2) is 7.03. The first-order valence-electron chi connectivity index (χ1n) is 7.13. The van der Waals surface area contributed by atoms with E-state index in [1.54, 1.807) is 0 Å². The normalized spacial score (nSPS) is 17.4. The number of anilines is 1. The Hall–Kier alpha value is -1.72. The van der Waals surface area contributed by atoms with Crippen molar-refractivity contribution in [2.45, 2.75) is 23.8 Å². The average Bonchev–Trinajstić information content (AvgIpc) is 2.46. The zero-order valence-corrected chi connectivity index (χ0v) is 14.5. The molecule has 0 spiro atoms. The Morgan fingerprint density at radius 2 is 1.67 bits per heavy atom. The molecule has 0 atom stereocenters. The number of carbonyl (C=O) groups is 1. The molecule has 0 aliphatic carbocycles. The molecular weight excluding hydrogens is 361 g/mol. The van der Waals surface area contributed by atoms with E-state index in [2.05, 4.69) is 10.6 Å². The van der Waals surface area contributed by atoms with Gasteiger partial charge in [0, 0.05) is 24.8 Å². The minimum Gasteiger partial charge on any atom is -0.335 e. The van der Waals surface area contributed by atoms with Gasteiger partial charge in [0.2, 0.25) is 10.0 Å². The molecule has 0 bridgehead atoms. The first kappa shape index (κ1) is 18.6. The molecule has 1 heterocycles. The van der Waals surface area contributed by atoms with Crippen LogP contribution in [-0.2, 0) is 20.2 Å². The largest absolute Gasteiger partial charge is 0.335 e. The Morgan fingerprint density at radius 3 is 2.12 bits per heavy atom. The van der Waals surface area contributed by atoms with Gasteiger partial charge in [-0.3, -0.25) is 0 Å². The number of rotatable bonds is 4. The smallest absolute Gasteiger partial charge is 0.332 e. The van der Waals surface area contributed by atoms with Crippen molar-refractivity contribution in [3.8, 4) is 0 Å². The summed E-state index contributed by atoms with van der Waals surface area (Å²) in [6, 6.07) is 4.00. The Labute approximate surface area is 140 Å². The second-order valence-electron chi connectivity index (χ2n) is 5.50. The number of urea groups is 1. The van der Waals surface area contributed by atoms with Gasteiger partial charge in [-0.05, 0) is 37.1 Å². The molecule has 2 rings (SSSR count). The molecule has 2 amide bonds. The third-order valence-electron chi connectivity index (χ3n) is 3.65. The zero-order chi connectivity index (χ0) is 18.0. The number of halogens is 1. The van der Waals surface area contributed by atoms with Crippen LogP contribution in [0.3, 0.4) is 0 Å². The number of nitrogens with zero attached hydrogens (tertiary/aromatic N) is 1. The summed E-state index contributed by atoms with van der Waals surface area (Å²) in [5.74, 6) is 0. The van der Waals surface area contributed by atoms with Crippen LogP contribution in [0.25, 0.3) is 0 Å². The van der Waals surface area contributed by atoms with E-state index >= 15 is 0 Å². The second-order valence-corrected chi connectivity index (χ2v) is 8.83. The van der Waals surface area contributed by atoms with Crippen LogP contribution in [0.2, 0.25) is 0 Å². The molecule has 8 nitrogen and oxygen atoms in total. The number of benzene rings is 1. The Balaban J connectivity index is 1.86. The number of hydrogen-bond acceptors (Lipinski definition) is 5. The molecule has 134 valence electrons. The lowest BCUT2D eigenvalue weighted by Crippen LogP contribution is -2.47. The molecular formula is C13H18FN3O5S2. The maximum Gasteiger partial charge on any atom is 0.332 e. The van der Waals surface area contributed by atoms with E-state index in [4.69, 9.17) is 0 Å². The van der Waals surface area contributed by atoms with Gasteiger partial charge in [-0.15, -0.1) is 3.89 Å². The van der Waals surface area contributed by atoms with Crippen LogP contribution in [0.5, 0.6) is 0 Å². The summed E-state index contributed by atoms with van der Waals surface area (Å²) in [6.07, 6.45) is 2.15. The fourth-order valence-corrected chi connectivity index (χ4v) is 3.72. The van der Waals surface area contributed by atoms with E-state index in [0.717, 1.165) is 18.4 Å². The first-order valence-corrected chi connectivity index (χ1v) is 10.4. The monoisotopic (exact) mass is 379 g/mol. The van der Waals surface area contributed by atoms with Crippen LogP contribution in [-0.4, -0.2) is 52.6 Å². The molecule has 0 unspecified atom stereocenters. The number of piperidine rings is 1. The number of hydrogen-bond donors (Lipinski definition) is 2. The molecule has 0 radical (unpaired) electrons. The molecule has 24 heavy (non-hydrogen) atoms. The number of carbonyl (C=O) groups excluding carboxylic acids is 1. The third kappa shape index (κ3) is 5.14. The van der Waals surface area contributed by atoms with Gasteiger partial charge in [0.05, 0.1) is 11.2 Å². The molecule has 1 aromatic carbocycles. The van der Waals surface area contributed by atoms with Gasteiger partial charge < -0.3 is 10.6 Å². The summed E-state index contributed by atoms with van der Waals surface area (Å²) in [5.41, 5.74) is 0.313. The standard InChI is InChI=1S/C13H18FN3O5S2/c1-23(19,20)17-8-6-11(7-9-17)16-13(18)15-10-2-4-12(5-3-10)24(14,21)22/h2-5,11H,6-9H2,1H3,(H2,15,16,18). The van der Waals surface area contributed by atoms with Gasteiger partial charge in [-0.1, -0.05) is 0 Å². The minimum absolute atomic E-state index is 0.159. The van der Waals surface area contributed by atoms with Crippen molar-refractivity contribution in [3.05, 3.63) is 24.3 Å². The summed E-state index contributed by atoms with van der Waals surface area (Å²) >= 11 is 0. The van der Waals surface area contributed by atoms with Crippen LogP contribution in [0.4, 0.5) is 14.4 Å². The molecule has 1 fully saturated rings. The van der Waals surface area contributed by atoms with E-state index in [0.29, 0.717) is 31.6 Å². The van der Waals surface area contributed by atoms with Crippen molar-refractivity contribution in [1.82, 2.24) is 9.62 Å². The Bertz CT molecular complexity index is 801. The number of sulfonamides is 1. The van der Waals surface area contributed by atoms with E-state index in [1.165, 1.54) is 16.4 Å². The van der Waals surface area contributed by atoms with Gasteiger partial charge >= 0.3 is 16.3 Å². The first-order chi connectivity index (χ1) is 11.1. The molecule has 2 N–H and O–H groups in total. The Morgan fingerprint density at radius 1 is 1.12 bits per heavy atom. The lowest BCUT2D eigenvalue weighted by atomic mass is 10.1.